The van der Waals surface area contributed by atoms with Crippen LogP contribution in [0.2, 0.25) is 0 Å². The van der Waals surface area contributed by atoms with E-state index in [0.717, 1.165) is 32.4 Å². The third kappa shape index (κ3) is 3.29. The zero-order valence-electron chi connectivity index (χ0n) is 10.8. The van der Waals surface area contributed by atoms with Gasteiger partial charge in [-0.1, -0.05) is 37.1 Å². The third-order valence-electron chi connectivity index (χ3n) is 2.63. The van der Waals surface area contributed by atoms with E-state index in [-0.39, 0.29) is 0 Å². The number of rotatable bonds is 2. The summed E-state index contributed by atoms with van der Waals surface area (Å²) in [6.45, 7) is 7.93. The smallest absolute Gasteiger partial charge is 0.116 e. The lowest BCUT2D eigenvalue weighted by Gasteiger charge is -2.05. The van der Waals surface area contributed by atoms with Gasteiger partial charge in [0.05, 0.1) is 5.35 Å². The fourth-order valence-corrected chi connectivity index (χ4v) is 2.61. The maximum atomic E-state index is 4.30. The molecule has 0 spiro atoms. The van der Waals surface area contributed by atoms with Gasteiger partial charge in [0.2, 0.25) is 0 Å². The topological polar surface area (TPSA) is 38.1 Å². The maximum Gasteiger partial charge on any atom is 0.116 e. The average molecular weight is 269 g/mol. The lowest BCUT2D eigenvalue weighted by molar-refractivity contribution is 1.09. The summed E-state index contributed by atoms with van der Waals surface area (Å²) in [5, 5.41) is 1.90. The first-order valence-corrected chi connectivity index (χ1v) is 6.68. The highest BCUT2D eigenvalue weighted by molar-refractivity contribution is 8.07. The highest BCUT2D eigenvalue weighted by Gasteiger charge is 2.05. The minimum atomic E-state index is 0.761. The standard InChI is InChI=1S/C15H15N3S/c1-4-15-12(8-16-3)5-6-14-13(7-11(2)19-15)9-17-10-18-14/h4,6-10H,1-2,5H2,3H3/b13-7-,14-6+,15-12+,16-8-. The summed E-state index contributed by atoms with van der Waals surface area (Å²) < 4.78 is 0. The van der Waals surface area contributed by atoms with E-state index in [1.54, 1.807) is 31.3 Å². The second kappa shape index (κ2) is 6.29. The van der Waals surface area contributed by atoms with Gasteiger partial charge in [-0.15, -0.1) is 0 Å². The molecule has 2 rings (SSSR count). The molecule has 4 heteroatoms. The van der Waals surface area contributed by atoms with Crippen molar-refractivity contribution >= 4 is 30.1 Å². The highest BCUT2D eigenvalue weighted by Crippen LogP contribution is 2.29. The molecule has 0 radical (unpaired) electrons. The molecule has 19 heavy (non-hydrogen) atoms. The van der Waals surface area contributed by atoms with Crippen LogP contribution in [0.1, 0.15) is 6.42 Å². The predicted octanol–water partition coefficient (Wildman–Crippen LogP) is 1.83. The number of hydrogen-bond donors (Lipinski definition) is 0. The van der Waals surface area contributed by atoms with Gasteiger partial charge in [-0.2, -0.15) is 0 Å². The SMILES string of the molecule is C=C/C1=C(\C=N/C)C/C=c2/ncnc/c2=C/C(=C)S1. The predicted molar refractivity (Wildman–Crippen MR) is 83.2 cm³/mol. The normalized spacial score (nSPS) is 23.3. The zero-order chi connectivity index (χ0) is 13.7. The van der Waals surface area contributed by atoms with E-state index in [4.69, 9.17) is 0 Å². The van der Waals surface area contributed by atoms with Gasteiger partial charge in [0.1, 0.15) is 6.33 Å². The fourth-order valence-electron chi connectivity index (χ4n) is 1.79. The van der Waals surface area contributed by atoms with E-state index in [1.807, 2.05) is 18.4 Å². The van der Waals surface area contributed by atoms with Crippen molar-refractivity contribution in [2.24, 2.45) is 4.99 Å². The molecule has 1 aromatic rings. The van der Waals surface area contributed by atoms with E-state index < -0.39 is 0 Å². The molecule has 3 nitrogen and oxygen atoms in total. The van der Waals surface area contributed by atoms with Crippen LogP contribution in [-0.2, 0) is 0 Å². The summed E-state index contributed by atoms with van der Waals surface area (Å²) in [6.07, 6.45) is 11.9. The van der Waals surface area contributed by atoms with Crippen LogP contribution >= 0.6 is 11.8 Å². The molecule has 1 aromatic heterocycles. The first-order valence-electron chi connectivity index (χ1n) is 5.87. The number of nitrogens with zero attached hydrogens (tertiary/aromatic N) is 3. The molecule has 0 unspecified atom stereocenters. The maximum absolute atomic E-state index is 4.30. The molecule has 0 aliphatic carbocycles. The molecule has 1 aliphatic heterocycles. The van der Waals surface area contributed by atoms with Gasteiger partial charge in [-0.25, -0.2) is 9.97 Å². The third-order valence-corrected chi connectivity index (χ3v) is 3.66. The number of fused-ring (bicyclic) bond motifs is 1. The first kappa shape index (κ1) is 13.5. The molecular weight excluding hydrogens is 254 g/mol. The lowest BCUT2D eigenvalue weighted by Crippen LogP contribution is -2.28. The van der Waals surface area contributed by atoms with Crippen molar-refractivity contribution in [1.29, 1.82) is 0 Å². The van der Waals surface area contributed by atoms with Crippen LogP contribution in [0.5, 0.6) is 0 Å². The van der Waals surface area contributed by atoms with Crippen molar-refractivity contribution < 1.29 is 0 Å². The Kier molecular flexibility index (Phi) is 4.47. The summed E-state index contributed by atoms with van der Waals surface area (Å²) in [7, 11) is 1.77. The number of hydrogen-bond acceptors (Lipinski definition) is 4. The Bertz CT molecular complexity index is 684. The summed E-state index contributed by atoms with van der Waals surface area (Å²) in [5.74, 6) is 0. The van der Waals surface area contributed by atoms with E-state index in [0.29, 0.717) is 0 Å². The van der Waals surface area contributed by atoms with E-state index >= 15 is 0 Å². The van der Waals surface area contributed by atoms with Crippen LogP contribution in [0.4, 0.5) is 0 Å². The molecule has 0 fully saturated rings. The average Bonchev–Trinajstić information content (AvgIpc) is 2.48. The Balaban J connectivity index is 2.62. The zero-order valence-corrected chi connectivity index (χ0v) is 11.7. The van der Waals surface area contributed by atoms with Crippen LogP contribution in [0.3, 0.4) is 0 Å². The van der Waals surface area contributed by atoms with Crippen molar-refractivity contribution in [1.82, 2.24) is 9.97 Å². The Hall–Kier alpha value is -1.94. The number of aliphatic imine (C=N–C) groups is 1. The molecule has 0 amide bonds. The number of thioether (sulfide) groups is 1. The molecule has 0 bridgehead atoms. The van der Waals surface area contributed by atoms with Crippen LogP contribution in [0, 0.1) is 0 Å². The number of aromatic nitrogens is 2. The lowest BCUT2D eigenvalue weighted by atomic mass is 10.1. The molecule has 0 saturated heterocycles. The first-order chi connectivity index (χ1) is 9.24. The molecule has 1 aliphatic rings. The summed E-state index contributed by atoms with van der Waals surface area (Å²) in [6, 6.07) is 0. The second-order valence-corrected chi connectivity index (χ2v) is 5.13. The van der Waals surface area contributed by atoms with E-state index in [9.17, 15) is 0 Å². The van der Waals surface area contributed by atoms with Gasteiger partial charge in [0, 0.05) is 34.5 Å². The van der Waals surface area contributed by atoms with Gasteiger partial charge in [-0.3, -0.25) is 4.99 Å². The minimum Gasteiger partial charge on any atom is -0.296 e. The molecule has 0 aromatic carbocycles. The summed E-state index contributed by atoms with van der Waals surface area (Å²) in [5.41, 5.74) is 1.11. The Labute approximate surface area is 116 Å². The van der Waals surface area contributed by atoms with Gasteiger partial charge in [0.15, 0.2) is 0 Å². The van der Waals surface area contributed by atoms with Gasteiger partial charge in [-0.05, 0) is 18.1 Å². The quantitative estimate of drug-likeness (QED) is 0.769. The van der Waals surface area contributed by atoms with Crippen molar-refractivity contribution in [3.05, 3.63) is 57.7 Å². The van der Waals surface area contributed by atoms with Crippen molar-refractivity contribution in [3.8, 4) is 0 Å². The second-order valence-electron chi connectivity index (χ2n) is 3.97. The van der Waals surface area contributed by atoms with Crippen molar-refractivity contribution in [3.63, 3.8) is 0 Å². The molecule has 0 atom stereocenters. The van der Waals surface area contributed by atoms with Crippen molar-refractivity contribution in [2.75, 3.05) is 7.05 Å². The van der Waals surface area contributed by atoms with Crippen LogP contribution in [0.15, 0.2) is 52.1 Å². The Morgan fingerprint density at radius 2 is 2.32 bits per heavy atom. The van der Waals surface area contributed by atoms with Crippen LogP contribution < -0.4 is 10.6 Å². The summed E-state index contributed by atoms with van der Waals surface area (Å²) >= 11 is 1.59. The molecule has 0 N–H and O–H groups in total. The largest absolute Gasteiger partial charge is 0.296 e. The van der Waals surface area contributed by atoms with Gasteiger partial charge < -0.3 is 0 Å². The number of allylic oxidation sites excluding steroid dienone is 3. The fraction of sp³-hybridized carbons (Fsp3) is 0.133. The molecule has 2 heterocycles. The van der Waals surface area contributed by atoms with E-state index in [1.165, 1.54) is 0 Å². The minimum absolute atomic E-state index is 0.761. The van der Waals surface area contributed by atoms with E-state index in [2.05, 4.69) is 34.2 Å². The monoisotopic (exact) mass is 269 g/mol. The molecule has 0 saturated carbocycles. The van der Waals surface area contributed by atoms with Crippen molar-refractivity contribution in [2.45, 2.75) is 6.42 Å². The Morgan fingerprint density at radius 1 is 1.47 bits per heavy atom. The van der Waals surface area contributed by atoms with Crippen LogP contribution in [-0.4, -0.2) is 23.2 Å². The summed E-state index contributed by atoms with van der Waals surface area (Å²) in [4.78, 5) is 14.5. The van der Waals surface area contributed by atoms with Gasteiger partial charge in [0.25, 0.3) is 0 Å². The van der Waals surface area contributed by atoms with Crippen LogP contribution in [0.25, 0.3) is 12.2 Å². The molecule has 96 valence electrons. The molecular formula is C15H15N3S. The van der Waals surface area contributed by atoms with Gasteiger partial charge >= 0.3 is 0 Å². The highest BCUT2D eigenvalue weighted by atomic mass is 32.2. The Morgan fingerprint density at radius 3 is 3.05 bits per heavy atom.